The van der Waals surface area contributed by atoms with Crippen molar-refractivity contribution in [2.75, 3.05) is 13.2 Å². The summed E-state index contributed by atoms with van der Waals surface area (Å²) in [6.07, 6.45) is 6.31. The molecule has 1 N–H and O–H groups in total. The minimum absolute atomic E-state index is 0.0223. The number of carbonyl (C=O) groups excluding carboxylic acids is 3. The van der Waals surface area contributed by atoms with Crippen LogP contribution < -0.4 is 10.1 Å². The Hall–Kier alpha value is -3.15. The number of esters is 1. The molecule has 0 unspecified atom stereocenters. The second kappa shape index (κ2) is 13.7. The SMILES string of the molecule is CCCc1ccc(C(=O)NCCCC(=O)c2ccc(OC3CCC(C(=O)OCC)CC3)cc2)cc1. The number of rotatable bonds is 12. The van der Waals surface area contributed by atoms with Gasteiger partial charge in [-0.25, -0.2) is 0 Å². The molecule has 3 rings (SSSR count). The Balaban J connectivity index is 1.36. The Labute approximate surface area is 208 Å². The molecular formula is C29H37NO5. The van der Waals surface area contributed by atoms with Crippen molar-refractivity contribution in [3.63, 3.8) is 0 Å². The molecule has 0 saturated heterocycles. The lowest BCUT2D eigenvalue weighted by molar-refractivity contribution is -0.149. The first-order valence-corrected chi connectivity index (χ1v) is 12.8. The van der Waals surface area contributed by atoms with Crippen molar-refractivity contribution in [1.29, 1.82) is 0 Å². The minimum atomic E-state index is -0.113. The maximum absolute atomic E-state index is 12.5. The zero-order chi connectivity index (χ0) is 25.0. The topological polar surface area (TPSA) is 81.7 Å². The van der Waals surface area contributed by atoms with E-state index in [4.69, 9.17) is 9.47 Å². The number of nitrogens with one attached hydrogen (secondary N) is 1. The summed E-state index contributed by atoms with van der Waals surface area (Å²) in [7, 11) is 0. The Kier molecular flexibility index (Phi) is 10.3. The number of carbonyl (C=O) groups is 3. The summed E-state index contributed by atoms with van der Waals surface area (Å²) in [5.41, 5.74) is 2.51. The lowest BCUT2D eigenvalue weighted by atomic mass is 9.87. The molecule has 35 heavy (non-hydrogen) atoms. The smallest absolute Gasteiger partial charge is 0.308 e. The fraction of sp³-hybridized carbons (Fsp3) is 0.483. The monoisotopic (exact) mass is 479 g/mol. The van der Waals surface area contributed by atoms with E-state index >= 15 is 0 Å². The van der Waals surface area contributed by atoms with Crippen LogP contribution >= 0.6 is 0 Å². The lowest BCUT2D eigenvalue weighted by Crippen LogP contribution is -2.29. The van der Waals surface area contributed by atoms with Crippen LogP contribution in [0.5, 0.6) is 5.75 Å². The number of hydrogen-bond acceptors (Lipinski definition) is 5. The Morgan fingerprint density at radius 1 is 0.886 bits per heavy atom. The summed E-state index contributed by atoms with van der Waals surface area (Å²) < 4.78 is 11.2. The molecule has 6 nitrogen and oxygen atoms in total. The van der Waals surface area contributed by atoms with E-state index in [1.807, 2.05) is 43.3 Å². The van der Waals surface area contributed by atoms with E-state index in [9.17, 15) is 14.4 Å². The van der Waals surface area contributed by atoms with Crippen LogP contribution in [0.4, 0.5) is 0 Å². The number of benzene rings is 2. The van der Waals surface area contributed by atoms with Crippen LogP contribution in [0.2, 0.25) is 0 Å². The fourth-order valence-corrected chi connectivity index (χ4v) is 4.40. The van der Waals surface area contributed by atoms with Crippen LogP contribution in [0.15, 0.2) is 48.5 Å². The maximum Gasteiger partial charge on any atom is 0.308 e. The maximum atomic E-state index is 12.5. The number of Topliss-reactive ketones (excluding diaryl/α,β-unsaturated/α-hetero) is 1. The molecule has 0 aliphatic heterocycles. The third-order valence-corrected chi connectivity index (χ3v) is 6.39. The second-order valence-electron chi connectivity index (χ2n) is 9.10. The predicted octanol–water partition coefficient (Wildman–Crippen LogP) is 5.53. The molecule has 0 radical (unpaired) electrons. The van der Waals surface area contributed by atoms with Gasteiger partial charge in [0.2, 0.25) is 0 Å². The lowest BCUT2D eigenvalue weighted by Gasteiger charge is -2.27. The van der Waals surface area contributed by atoms with Gasteiger partial charge >= 0.3 is 5.97 Å². The molecule has 2 aromatic rings. The molecule has 1 fully saturated rings. The van der Waals surface area contributed by atoms with Gasteiger partial charge in [0.1, 0.15) is 5.75 Å². The van der Waals surface area contributed by atoms with Crippen molar-refractivity contribution in [3.8, 4) is 5.75 Å². The Morgan fingerprint density at radius 2 is 1.54 bits per heavy atom. The minimum Gasteiger partial charge on any atom is -0.490 e. The van der Waals surface area contributed by atoms with Gasteiger partial charge in [-0.3, -0.25) is 14.4 Å². The molecule has 188 valence electrons. The Bertz CT molecular complexity index is 960. The van der Waals surface area contributed by atoms with Crippen LogP contribution in [0.25, 0.3) is 0 Å². The third kappa shape index (κ3) is 8.23. The summed E-state index contributed by atoms with van der Waals surface area (Å²) in [5, 5.41) is 2.89. The van der Waals surface area contributed by atoms with E-state index in [0.29, 0.717) is 37.1 Å². The zero-order valence-electron chi connectivity index (χ0n) is 20.9. The highest BCUT2D eigenvalue weighted by atomic mass is 16.5. The highest BCUT2D eigenvalue weighted by Crippen LogP contribution is 2.28. The normalized spacial score (nSPS) is 17.4. The number of ketones is 1. The summed E-state index contributed by atoms with van der Waals surface area (Å²) in [6.45, 7) is 4.83. The summed E-state index contributed by atoms with van der Waals surface area (Å²) in [4.78, 5) is 36.7. The standard InChI is InChI=1S/C29H37NO5/c1-3-6-21-8-10-23(11-9-21)28(32)30-20-5-7-27(31)22-12-16-25(17-13-22)35-26-18-14-24(15-19-26)29(33)34-4-2/h8-13,16-17,24,26H,3-7,14-15,18-20H2,1-2H3,(H,30,32). The van der Waals surface area contributed by atoms with E-state index < -0.39 is 0 Å². The van der Waals surface area contributed by atoms with Crippen LogP contribution in [0.1, 0.15) is 85.1 Å². The van der Waals surface area contributed by atoms with Crippen molar-refractivity contribution in [2.45, 2.75) is 71.3 Å². The summed E-state index contributed by atoms with van der Waals surface area (Å²) in [5.74, 6) is 0.543. The van der Waals surface area contributed by atoms with Crippen molar-refractivity contribution in [2.24, 2.45) is 5.92 Å². The van der Waals surface area contributed by atoms with Crippen molar-refractivity contribution in [3.05, 3.63) is 65.2 Å². The molecule has 1 aliphatic carbocycles. The first-order valence-electron chi connectivity index (χ1n) is 12.8. The van der Waals surface area contributed by atoms with Gasteiger partial charge in [-0.1, -0.05) is 25.5 Å². The highest BCUT2D eigenvalue weighted by Gasteiger charge is 2.28. The second-order valence-corrected chi connectivity index (χ2v) is 9.10. The third-order valence-electron chi connectivity index (χ3n) is 6.39. The molecular weight excluding hydrogens is 442 g/mol. The molecule has 0 aromatic heterocycles. The fourth-order valence-electron chi connectivity index (χ4n) is 4.40. The van der Waals surface area contributed by atoms with Gasteiger partial charge < -0.3 is 14.8 Å². The Morgan fingerprint density at radius 3 is 2.17 bits per heavy atom. The summed E-state index contributed by atoms with van der Waals surface area (Å²) in [6, 6.07) is 14.9. The number of amides is 1. The molecule has 1 saturated carbocycles. The van der Waals surface area contributed by atoms with Crippen molar-refractivity contribution in [1.82, 2.24) is 5.32 Å². The van der Waals surface area contributed by atoms with Crippen LogP contribution in [-0.4, -0.2) is 36.9 Å². The molecule has 0 heterocycles. The highest BCUT2D eigenvalue weighted by molar-refractivity contribution is 5.96. The van der Waals surface area contributed by atoms with Gasteiger partial charge in [0, 0.05) is 24.1 Å². The molecule has 0 bridgehead atoms. The van der Waals surface area contributed by atoms with Gasteiger partial charge in [-0.2, -0.15) is 0 Å². The molecule has 2 aromatic carbocycles. The first-order chi connectivity index (χ1) is 17.0. The number of ether oxygens (including phenoxy) is 2. The number of hydrogen-bond donors (Lipinski definition) is 1. The molecule has 0 atom stereocenters. The van der Waals surface area contributed by atoms with Crippen molar-refractivity contribution < 1.29 is 23.9 Å². The first kappa shape index (κ1) is 26.5. The van der Waals surface area contributed by atoms with Gasteiger partial charge in [-0.15, -0.1) is 0 Å². The van der Waals surface area contributed by atoms with Crippen LogP contribution in [0, 0.1) is 5.92 Å². The largest absolute Gasteiger partial charge is 0.490 e. The van der Waals surface area contributed by atoms with Crippen LogP contribution in [0.3, 0.4) is 0 Å². The molecule has 1 amide bonds. The van der Waals surface area contributed by atoms with Gasteiger partial charge in [0.15, 0.2) is 5.78 Å². The summed E-state index contributed by atoms with van der Waals surface area (Å²) >= 11 is 0. The molecule has 6 heteroatoms. The zero-order valence-corrected chi connectivity index (χ0v) is 20.9. The quantitative estimate of drug-likeness (QED) is 0.246. The average molecular weight is 480 g/mol. The predicted molar refractivity (Wildman–Crippen MR) is 136 cm³/mol. The van der Waals surface area contributed by atoms with E-state index in [1.54, 1.807) is 12.1 Å². The van der Waals surface area contributed by atoms with Gasteiger partial charge in [0.25, 0.3) is 5.91 Å². The number of aryl methyl sites for hydroxylation is 1. The van der Waals surface area contributed by atoms with E-state index in [2.05, 4.69) is 12.2 Å². The average Bonchev–Trinajstić information content (AvgIpc) is 2.88. The van der Waals surface area contributed by atoms with Gasteiger partial charge in [-0.05, 0) is 87.4 Å². The van der Waals surface area contributed by atoms with Crippen LogP contribution in [-0.2, 0) is 16.0 Å². The van der Waals surface area contributed by atoms with Crippen molar-refractivity contribution >= 4 is 17.7 Å². The van der Waals surface area contributed by atoms with E-state index in [-0.39, 0.29) is 29.7 Å². The van der Waals surface area contributed by atoms with E-state index in [1.165, 1.54) is 5.56 Å². The molecule has 0 spiro atoms. The van der Waals surface area contributed by atoms with Gasteiger partial charge in [0.05, 0.1) is 18.6 Å². The molecule has 1 aliphatic rings. The van der Waals surface area contributed by atoms with E-state index in [0.717, 1.165) is 44.3 Å².